The molecule has 0 fully saturated rings. The first-order valence-corrected chi connectivity index (χ1v) is 20.8. The Hall–Kier alpha value is -2.98. The molecule has 0 spiro atoms. The van der Waals surface area contributed by atoms with E-state index >= 15 is 0 Å². The number of unbranched alkanes of at least 4 members (excludes halogenated alkanes) is 15. The minimum Gasteiger partial charge on any atom is -0.489 e. The van der Waals surface area contributed by atoms with Gasteiger partial charge in [0.15, 0.2) is 18.2 Å². The normalized spacial score (nSPS) is 11.4. The van der Waals surface area contributed by atoms with Crippen LogP contribution in [0, 0.1) is 0 Å². The molecule has 0 aliphatic carbocycles. The molecule has 2 aromatic carbocycles. The quantitative estimate of drug-likeness (QED) is 0.0466. The fourth-order valence-electron chi connectivity index (χ4n) is 5.46. The van der Waals surface area contributed by atoms with Gasteiger partial charge in [-0.05, 0) is 44.4 Å². The molecular weight excluding hydrogens is 655 g/mol. The van der Waals surface area contributed by atoms with Gasteiger partial charge in [-0.3, -0.25) is 0 Å². The van der Waals surface area contributed by atoms with E-state index in [1.807, 2.05) is 0 Å². The number of nitrogens with one attached hydrogen (secondary N) is 1. The first-order valence-electron chi connectivity index (χ1n) is 19.3. The van der Waals surface area contributed by atoms with E-state index < -0.39 is 16.0 Å². The van der Waals surface area contributed by atoms with Gasteiger partial charge in [0.2, 0.25) is 15.8 Å². The molecule has 0 aliphatic rings. The van der Waals surface area contributed by atoms with Crippen LogP contribution in [0.4, 0.5) is 0 Å². The molecule has 284 valence electrons. The first-order chi connectivity index (χ1) is 24.4. The van der Waals surface area contributed by atoms with Gasteiger partial charge < -0.3 is 23.7 Å². The van der Waals surface area contributed by atoms with Gasteiger partial charge in [-0.2, -0.15) is 4.72 Å². The van der Waals surface area contributed by atoms with Crippen LogP contribution in [-0.2, 0) is 14.8 Å². The lowest BCUT2D eigenvalue weighted by molar-refractivity contribution is 0.0526. The maximum absolute atomic E-state index is 13.1. The highest BCUT2D eigenvalue weighted by Crippen LogP contribution is 2.42. The number of esters is 1. The van der Waals surface area contributed by atoms with Crippen LogP contribution >= 0.6 is 0 Å². The Morgan fingerprint density at radius 1 is 0.600 bits per heavy atom. The molecule has 0 saturated heterocycles. The lowest BCUT2D eigenvalue weighted by Gasteiger charge is -2.19. The maximum Gasteiger partial charge on any atom is 0.338 e. The number of rotatable bonds is 31. The Bertz CT molecular complexity index is 1260. The van der Waals surface area contributed by atoms with Crippen molar-refractivity contribution < 1.29 is 36.9 Å². The summed E-state index contributed by atoms with van der Waals surface area (Å²) in [6, 6.07) is 9.24. The van der Waals surface area contributed by atoms with Crippen molar-refractivity contribution in [2.45, 2.75) is 148 Å². The predicted molar refractivity (Wildman–Crippen MR) is 201 cm³/mol. The average molecular weight is 720 g/mol. The van der Waals surface area contributed by atoms with E-state index in [0.29, 0.717) is 42.8 Å². The third-order valence-electron chi connectivity index (χ3n) is 8.39. The van der Waals surface area contributed by atoms with Crippen LogP contribution in [0.3, 0.4) is 0 Å². The molecule has 10 heteroatoms. The number of ether oxygens (including phenoxy) is 5. The van der Waals surface area contributed by atoms with Crippen molar-refractivity contribution in [3.05, 3.63) is 42.0 Å². The third-order valence-corrected chi connectivity index (χ3v) is 9.77. The van der Waals surface area contributed by atoms with Gasteiger partial charge >= 0.3 is 5.97 Å². The molecule has 9 nitrogen and oxygen atoms in total. The SMILES string of the molecule is CCCCCCCCOc1cc(OCNS(=O)(=O)c2cccc(C(=O)OCC)c2)cc(OCCCCCCCC)c1OCCCCCCCC. The van der Waals surface area contributed by atoms with Crippen LogP contribution in [0.25, 0.3) is 0 Å². The summed E-state index contributed by atoms with van der Waals surface area (Å²) in [5.74, 6) is 1.45. The van der Waals surface area contributed by atoms with Crippen LogP contribution in [0.2, 0.25) is 0 Å². The Morgan fingerprint density at radius 3 is 1.58 bits per heavy atom. The highest BCUT2D eigenvalue weighted by molar-refractivity contribution is 7.89. The summed E-state index contributed by atoms with van der Waals surface area (Å²) in [4.78, 5) is 12.1. The predicted octanol–water partition coefficient (Wildman–Crippen LogP) is 10.4. The number of hydrogen-bond donors (Lipinski definition) is 1. The zero-order valence-electron chi connectivity index (χ0n) is 31.4. The van der Waals surface area contributed by atoms with E-state index in [9.17, 15) is 13.2 Å². The van der Waals surface area contributed by atoms with Crippen molar-refractivity contribution in [2.75, 3.05) is 33.2 Å². The largest absolute Gasteiger partial charge is 0.489 e. The van der Waals surface area contributed by atoms with Crippen molar-refractivity contribution in [3.8, 4) is 23.0 Å². The number of carbonyl (C=O) groups excluding carboxylic acids is 1. The number of sulfonamides is 1. The monoisotopic (exact) mass is 719 g/mol. The zero-order valence-corrected chi connectivity index (χ0v) is 32.2. The standard InChI is InChI=1S/C40H65NO8S/c1-5-9-12-15-18-21-27-46-37-31-35(49-33-41-50(43,44)36-26-24-25-34(30-36)40(42)45-8-4)32-38(47-28-22-19-16-13-10-6-2)39(37)48-29-23-20-17-14-11-7-3/h24-26,30-32,41H,5-23,27-29,33H2,1-4H3. The van der Waals surface area contributed by atoms with Gasteiger partial charge in [-0.25, -0.2) is 13.2 Å². The van der Waals surface area contributed by atoms with Gasteiger partial charge in [0.1, 0.15) is 5.75 Å². The second-order valence-electron chi connectivity index (χ2n) is 12.8. The van der Waals surface area contributed by atoms with E-state index in [2.05, 4.69) is 25.5 Å². The van der Waals surface area contributed by atoms with Crippen LogP contribution in [0.1, 0.15) is 154 Å². The average Bonchev–Trinajstić information content (AvgIpc) is 3.11. The summed E-state index contributed by atoms with van der Waals surface area (Å²) >= 11 is 0. The summed E-state index contributed by atoms with van der Waals surface area (Å²) in [5, 5.41) is 0. The van der Waals surface area contributed by atoms with E-state index in [1.165, 1.54) is 101 Å². The molecule has 50 heavy (non-hydrogen) atoms. The summed E-state index contributed by atoms with van der Waals surface area (Å²) in [6.07, 6.45) is 20.7. The molecule has 2 rings (SSSR count). The minimum absolute atomic E-state index is 0.0592. The topological polar surface area (TPSA) is 109 Å². The lowest BCUT2D eigenvalue weighted by Crippen LogP contribution is -2.28. The second kappa shape index (κ2) is 26.8. The Morgan fingerprint density at radius 2 is 1.08 bits per heavy atom. The van der Waals surface area contributed by atoms with Crippen LogP contribution < -0.4 is 23.7 Å². The highest BCUT2D eigenvalue weighted by atomic mass is 32.2. The number of carbonyl (C=O) groups is 1. The Balaban J connectivity index is 2.21. The first kappa shape index (κ1) is 43.2. The molecule has 0 atom stereocenters. The summed E-state index contributed by atoms with van der Waals surface area (Å²) < 4.78 is 58.6. The highest BCUT2D eigenvalue weighted by Gasteiger charge is 2.19. The molecule has 0 unspecified atom stereocenters. The molecule has 0 amide bonds. The van der Waals surface area contributed by atoms with Gasteiger partial charge in [-0.15, -0.1) is 0 Å². The molecule has 0 saturated carbocycles. The summed E-state index contributed by atoms with van der Waals surface area (Å²) in [6.45, 7) is 9.82. The molecule has 0 bridgehead atoms. The van der Waals surface area contributed by atoms with Crippen LogP contribution in [0.5, 0.6) is 23.0 Å². The van der Waals surface area contributed by atoms with Crippen molar-refractivity contribution in [1.82, 2.24) is 4.72 Å². The van der Waals surface area contributed by atoms with E-state index in [0.717, 1.165) is 38.5 Å². The maximum atomic E-state index is 13.1. The minimum atomic E-state index is -3.98. The second-order valence-corrected chi connectivity index (χ2v) is 14.5. The van der Waals surface area contributed by atoms with Gasteiger partial charge in [-0.1, -0.05) is 123 Å². The third kappa shape index (κ3) is 17.8. The van der Waals surface area contributed by atoms with Crippen molar-refractivity contribution >= 4 is 16.0 Å². The van der Waals surface area contributed by atoms with Crippen molar-refractivity contribution in [2.24, 2.45) is 0 Å². The summed E-state index contributed by atoms with van der Waals surface area (Å²) in [5.41, 5.74) is 0.159. The Labute approximate surface area is 303 Å². The fourth-order valence-corrected chi connectivity index (χ4v) is 6.38. The number of benzene rings is 2. The number of hydrogen-bond acceptors (Lipinski definition) is 8. The van der Waals surface area contributed by atoms with E-state index in [1.54, 1.807) is 19.1 Å². The molecule has 2 aromatic rings. The van der Waals surface area contributed by atoms with Crippen LogP contribution in [-0.4, -0.2) is 47.5 Å². The molecule has 1 N–H and O–H groups in total. The van der Waals surface area contributed by atoms with Gasteiger partial charge in [0.25, 0.3) is 0 Å². The summed E-state index contributed by atoms with van der Waals surface area (Å²) in [7, 11) is -3.98. The Kier molecular flexibility index (Phi) is 23.1. The fraction of sp³-hybridized carbons (Fsp3) is 0.675. The molecular formula is C40H65NO8S. The van der Waals surface area contributed by atoms with Gasteiger partial charge in [0, 0.05) is 12.1 Å². The van der Waals surface area contributed by atoms with Gasteiger partial charge in [0.05, 0.1) is 36.9 Å². The van der Waals surface area contributed by atoms with Crippen molar-refractivity contribution in [1.29, 1.82) is 0 Å². The van der Waals surface area contributed by atoms with E-state index in [4.69, 9.17) is 23.7 Å². The van der Waals surface area contributed by atoms with Crippen molar-refractivity contribution in [3.63, 3.8) is 0 Å². The smallest absolute Gasteiger partial charge is 0.338 e. The molecule has 0 aromatic heterocycles. The molecule has 0 radical (unpaired) electrons. The lowest BCUT2D eigenvalue weighted by atomic mass is 10.1. The zero-order chi connectivity index (χ0) is 36.3. The van der Waals surface area contributed by atoms with Crippen LogP contribution in [0.15, 0.2) is 41.3 Å². The molecule has 0 heterocycles. The van der Waals surface area contributed by atoms with E-state index in [-0.39, 0.29) is 23.8 Å². The molecule has 0 aliphatic heterocycles.